The zero-order chi connectivity index (χ0) is 17.0. The maximum atomic E-state index is 13.1. The molecule has 1 amide bonds. The van der Waals surface area contributed by atoms with Gasteiger partial charge < -0.3 is 9.47 Å². The highest BCUT2D eigenvalue weighted by Crippen LogP contribution is 2.46. The summed E-state index contributed by atoms with van der Waals surface area (Å²) in [4.78, 5) is 22.5. The largest absolute Gasteiger partial charge is 0.335 e. The Morgan fingerprint density at radius 1 is 1.04 bits per heavy atom. The van der Waals surface area contributed by atoms with Crippen molar-refractivity contribution in [1.29, 1.82) is 0 Å². The lowest BCUT2D eigenvalue weighted by Crippen LogP contribution is -2.53. The van der Waals surface area contributed by atoms with Crippen LogP contribution in [0.2, 0.25) is 0 Å². The first-order chi connectivity index (χ1) is 12.2. The number of imidazole rings is 1. The van der Waals surface area contributed by atoms with Crippen LogP contribution < -0.4 is 0 Å². The standard InChI is InChI=1S/C20H30N4O/c1-14-21-19(17-4-2-3-7-24(14)17)20(25)23-10-8-22(9-11-23)18-13-15-5-6-16(18)12-15/h15-16,18H,2-13H2,1H3/t15-,16-,18+/m0/s1. The first-order valence-corrected chi connectivity index (χ1v) is 10.3. The lowest BCUT2D eigenvalue weighted by molar-refractivity contribution is 0.0490. The van der Waals surface area contributed by atoms with Crippen LogP contribution in [0.1, 0.15) is 60.5 Å². The molecule has 136 valence electrons. The molecule has 2 aliphatic carbocycles. The molecule has 5 rings (SSSR count). The zero-order valence-corrected chi connectivity index (χ0v) is 15.4. The average Bonchev–Trinajstić information content (AvgIpc) is 3.36. The first kappa shape index (κ1) is 15.9. The van der Waals surface area contributed by atoms with Crippen LogP contribution in [0.25, 0.3) is 0 Å². The summed E-state index contributed by atoms with van der Waals surface area (Å²) < 4.78 is 2.27. The third kappa shape index (κ3) is 2.62. The van der Waals surface area contributed by atoms with E-state index in [4.69, 9.17) is 0 Å². The summed E-state index contributed by atoms with van der Waals surface area (Å²) in [5, 5.41) is 0. The molecule has 0 aromatic carbocycles. The van der Waals surface area contributed by atoms with Crippen LogP contribution >= 0.6 is 0 Å². The summed E-state index contributed by atoms with van der Waals surface area (Å²) in [6.07, 6.45) is 9.17. The van der Waals surface area contributed by atoms with Crippen molar-refractivity contribution in [2.75, 3.05) is 26.2 Å². The predicted molar refractivity (Wildman–Crippen MR) is 96.6 cm³/mol. The molecule has 3 fully saturated rings. The fraction of sp³-hybridized carbons (Fsp3) is 0.800. The van der Waals surface area contributed by atoms with Crippen LogP contribution in [0.5, 0.6) is 0 Å². The highest BCUT2D eigenvalue weighted by molar-refractivity contribution is 5.93. The number of nitrogens with zero attached hydrogens (tertiary/aromatic N) is 4. The number of fused-ring (bicyclic) bond motifs is 3. The Balaban J connectivity index is 1.26. The van der Waals surface area contributed by atoms with Crippen LogP contribution in [0, 0.1) is 18.8 Å². The van der Waals surface area contributed by atoms with Gasteiger partial charge in [-0.05, 0) is 57.3 Å². The van der Waals surface area contributed by atoms with Crippen molar-refractivity contribution >= 4 is 5.91 Å². The van der Waals surface area contributed by atoms with Gasteiger partial charge in [-0.15, -0.1) is 0 Å². The van der Waals surface area contributed by atoms with Crippen molar-refractivity contribution in [3.63, 3.8) is 0 Å². The fourth-order valence-corrected chi connectivity index (χ4v) is 5.96. The molecule has 0 unspecified atom stereocenters. The Kier molecular flexibility index (Phi) is 3.88. The average molecular weight is 342 g/mol. The van der Waals surface area contributed by atoms with Crippen LogP contribution in [-0.2, 0) is 13.0 Å². The van der Waals surface area contributed by atoms with E-state index in [1.54, 1.807) is 0 Å². The number of piperazine rings is 1. The minimum Gasteiger partial charge on any atom is -0.335 e. The van der Waals surface area contributed by atoms with Gasteiger partial charge in [0.1, 0.15) is 11.5 Å². The van der Waals surface area contributed by atoms with E-state index >= 15 is 0 Å². The van der Waals surface area contributed by atoms with E-state index in [0.717, 1.165) is 68.5 Å². The molecule has 0 radical (unpaired) electrons. The molecule has 0 N–H and O–H groups in total. The summed E-state index contributed by atoms with van der Waals surface area (Å²) in [6, 6.07) is 0.804. The van der Waals surface area contributed by atoms with Gasteiger partial charge in [-0.2, -0.15) is 0 Å². The summed E-state index contributed by atoms with van der Waals surface area (Å²) in [5.74, 6) is 3.12. The minimum absolute atomic E-state index is 0.173. The number of rotatable bonds is 2. The van der Waals surface area contributed by atoms with E-state index in [2.05, 4.69) is 19.4 Å². The summed E-state index contributed by atoms with van der Waals surface area (Å²) in [6.45, 7) is 6.91. The second-order valence-electron chi connectivity index (χ2n) is 8.63. The molecule has 1 saturated heterocycles. The smallest absolute Gasteiger partial charge is 0.274 e. The van der Waals surface area contributed by atoms with Crippen molar-refractivity contribution in [1.82, 2.24) is 19.4 Å². The maximum absolute atomic E-state index is 13.1. The Morgan fingerprint density at radius 3 is 2.60 bits per heavy atom. The quantitative estimate of drug-likeness (QED) is 0.829. The molecule has 0 spiro atoms. The number of amides is 1. The zero-order valence-electron chi connectivity index (χ0n) is 15.4. The molecule has 5 nitrogen and oxygen atoms in total. The Bertz CT molecular complexity index is 673. The monoisotopic (exact) mass is 342 g/mol. The highest BCUT2D eigenvalue weighted by atomic mass is 16.2. The number of aromatic nitrogens is 2. The predicted octanol–water partition coefficient (Wildman–Crippen LogP) is 2.47. The summed E-state index contributed by atoms with van der Waals surface area (Å²) in [5.41, 5.74) is 1.93. The van der Waals surface area contributed by atoms with Gasteiger partial charge in [0.2, 0.25) is 0 Å². The summed E-state index contributed by atoms with van der Waals surface area (Å²) in [7, 11) is 0. The molecule has 2 saturated carbocycles. The highest BCUT2D eigenvalue weighted by Gasteiger charge is 2.43. The molecular formula is C20H30N4O. The van der Waals surface area contributed by atoms with E-state index < -0.39 is 0 Å². The Labute approximate surface area is 150 Å². The van der Waals surface area contributed by atoms with Crippen molar-refractivity contribution in [3.8, 4) is 0 Å². The number of carbonyl (C=O) groups is 1. The van der Waals surface area contributed by atoms with Gasteiger partial charge in [-0.25, -0.2) is 4.98 Å². The molecule has 4 aliphatic rings. The second kappa shape index (κ2) is 6.11. The number of carbonyl (C=O) groups excluding carboxylic acids is 1. The van der Waals surface area contributed by atoms with Gasteiger partial charge >= 0.3 is 0 Å². The second-order valence-corrected chi connectivity index (χ2v) is 8.63. The number of aryl methyl sites for hydroxylation is 1. The van der Waals surface area contributed by atoms with E-state index in [0.29, 0.717) is 0 Å². The third-order valence-corrected chi connectivity index (χ3v) is 7.28. The number of hydrogen-bond acceptors (Lipinski definition) is 3. The third-order valence-electron chi connectivity index (χ3n) is 7.28. The van der Waals surface area contributed by atoms with Gasteiger partial charge in [0.15, 0.2) is 0 Å². The van der Waals surface area contributed by atoms with Crippen molar-refractivity contribution in [2.24, 2.45) is 11.8 Å². The van der Waals surface area contributed by atoms with Crippen molar-refractivity contribution in [3.05, 3.63) is 17.2 Å². The molecule has 25 heavy (non-hydrogen) atoms. The molecule has 3 atom stereocenters. The molecule has 1 aromatic heterocycles. The van der Waals surface area contributed by atoms with E-state index in [9.17, 15) is 4.79 Å². The van der Waals surface area contributed by atoms with Crippen LogP contribution in [0.4, 0.5) is 0 Å². The topological polar surface area (TPSA) is 41.4 Å². The van der Waals surface area contributed by atoms with Gasteiger partial charge in [0, 0.05) is 38.8 Å². The lowest BCUT2D eigenvalue weighted by atomic mass is 9.93. The summed E-state index contributed by atoms with van der Waals surface area (Å²) >= 11 is 0. The SMILES string of the molecule is Cc1nc(C(=O)N2CCN([C@@H]3C[C@H]4CC[C@H]3C4)CC2)c2n1CCCC2. The van der Waals surface area contributed by atoms with E-state index in [1.165, 1.54) is 44.2 Å². The van der Waals surface area contributed by atoms with Crippen LogP contribution in [0.3, 0.4) is 0 Å². The van der Waals surface area contributed by atoms with Gasteiger partial charge in [0.25, 0.3) is 5.91 Å². The van der Waals surface area contributed by atoms with E-state index in [-0.39, 0.29) is 5.91 Å². The van der Waals surface area contributed by atoms with Crippen molar-refractivity contribution < 1.29 is 4.79 Å². The Hall–Kier alpha value is -1.36. The normalized spacial score (nSPS) is 32.2. The van der Waals surface area contributed by atoms with Crippen molar-refractivity contribution in [2.45, 2.75) is 64.5 Å². The fourth-order valence-electron chi connectivity index (χ4n) is 5.96. The maximum Gasteiger partial charge on any atom is 0.274 e. The molecule has 2 aliphatic heterocycles. The molecule has 1 aromatic rings. The number of hydrogen-bond donors (Lipinski definition) is 0. The Morgan fingerprint density at radius 2 is 1.88 bits per heavy atom. The van der Waals surface area contributed by atoms with Gasteiger partial charge in [0.05, 0.1) is 5.69 Å². The van der Waals surface area contributed by atoms with E-state index in [1.807, 2.05) is 6.92 Å². The molecule has 2 bridgehead atoms. The molecule has 3 heterocycles. The first-order valence-electron chi connectivity index (χ1n) is 10.3. The van der Waals surface area contributed by atoms with Gasteiger partial charge in [-0.1, -0.05) is 6.42 Å². The molecular weight excluding hydrogens is 312 g/mol. The lowest BCUT2D eigenvalue weighted by Gasteiger charge is -2.41. The minimum atomic E-state index is 0.173. The van der Waals surface area contributed by atoms with Crippen LogP contribution in [0.15, 0.2) is 0 Å². The van der Waals surface area contributed by atoms with Gasteiger partial charge in [-0.3, -0.25) is 9.69 Å². The molecule has 5 heteroatoms. The van der Waals surface area contributed by atoms with Crippen LogP contribution in [-0.4, -0.2) is 57.5 Å².